The van der Waals surface area contributed by atoms with E-state index in [9.17, 15) is 0 Å². The highest BCUT2D eigenvalue weighted by molar-refractivity contribution is 7.80. The van der Waals surface area contributed by atoms with Crippen LogP contribution in [0.3, 0.4) is 0 Å². The first-order valence-electron chi connectivity index (χ1n) is 9.12. The molecule has 1 heterocycles. The zero-order valence-electron chi connectivity index (χ0n) is 15.8. The SMILES string of the molecule is COc1cccc(CN(CC2CCCO2)C(=S)Nc2cccc(OC)c2)c1. The fourth-order valence-corrected chi connectivity index (χ4v) is 3.40. The lowest BCUT2D eigenvalue weighted by molar-refractivity contribution is 0.0905. The Morgan fingerprint density at radius 1 is 1.15 bits per heavy atom. The van der Waals surface area contributed by atoms with Crippen molar-refractivity contribution in [1.82, 2.24) is 4.90 Å². The molecule has 1 atom stereocenters. The molecule has 1 saturated heterocycles. The van der Waals surface area contributed by atoms with Crippen LogP contribution in [-0.4, -0.2) is 43.5 Å². The highest BCUT2D eigenvalue weighted by atomic mass is 32.1. The quantitative estimate of drug-likeness (QED) is 0.723. The molecule has 0 bridgehead atoms. The van der Waals surface area contributed by atoms with E-state index >= 15 is 0 Å². The Labute approximate surface area is 166 Å². The largest absolute Gasteiger partial charge is 0.497 e. The maximum absolute atomic E-state index is 5.83. The normalized spacial score (nSPS) is 16.0. The molecule has 2 aromatic rings. The van der Waals surface area contributed by atoms with Gasteiger partial charge >= 0.3 is 0 Å². The van der Waals surface area contributed by atoms with Gasteiger partial charge in [-0.05, 0) is 54.9 Å². The number of hydrogen-bond donors (Lipinski definition) is 1. The zero-order valence-corrected chi connectivity index (χ0v) is 16.6. The van der Waals surface area contributed by atoms with Gasteiger partial charge in [-0.3, -0.25) is 0 Å². The Balaban J connectivity index is 1.73. The van der Waals surface area contributed by atoms with Crippen molar-refractivity contribution in [2.24, 2.45) is 0 Å². The zero-order chi connectivity index (χ0) is 19.1. The summed E-state index contributed by atoms with van der Waals surface area (Å²) in [5.74, 6) is 1.64. The first-order chi connectivity index (χ1) is 13.2. The van der Waals surface area contributed by atoms with Crippen molar-refractivity contribution in [3.8, 4) is 11.5 Å². The third-order valence-corrected chi connectivity index (χ3v) is 4.92. The van der Waals surface area contributed by atoms with E-state index in [1.807, 2.05) is 42.5 Å². The smallest absolute Gasteiger partial charge is 0.173 e. The molecule has 0 spiro atoms. The average molecular weight is 387 g/mol. The third kappa shape index (κ3) is 5.58. The second-order valence-corrected chi connectivity index (χ2v) is 6.92. The molecule has 27 heavy (non-hydrogen) atoms. The van der Waals surface area contributed by atoms with E-state index in [0.29, 0.717) is 11.7 Å². The van der Waals surface area contributed by atoms with Crippen LogP contribution in [0.15, 0.2) is 48.5 Å². The maximum Gasteiger partial charge on any atom is 0.173 e. The van der Waals surface area contributed by atoms with Gasteiger partial charge in [0.2, 0.25) is 0 Å². The van der Waals surface area contributed by atoms with Gasteiger partial charge in [0, 0.05) is 31.5 Å². The van der Waals surface area contributed by atoms with Gasteiger partial charge in [0.15, 0.2) is 5.11 Å². The van der Waals surface area contributed by atoms with Gasteiger partial charge in [0.25, 0.3) is 0 Å². The monoisotopic (exact) mass is 386 g/mol. The number of thiocarbonyl (C=S) groups is 1. The number of rotatable bonds is 7. The molecule has 1 aliphatic heterocycles. The van der Waals surface area contributed by atoms with Crippen LogP contribution in [0.4, 0.5) is 5.69 Å². The Kier molecular flexibility index (Phi) is 6.90. The summed E-state index contributed by atoms with van der Waals surface area (Å²) in [6, 6.07) is 15.8. The fraction of sp³-hybridized carbons (Fsp3) is 0.381. The van der Waals surface area contributed by atoms with Crippen molar-refractivity contribution in [3.63, 3.8) is 0 Å². The predicted molar refractivity (Wildman–Crippen MR) is 112 cm³/mol. The van der Waals surface area contributed by atoms with Crippen LogP contribution in [0.1, 0.15) is 18.4 Å². The minimum atomic E-state index is 0.209. The van der Waals surface area contributed by atoms with Gasteiger partial charge in [0.1, 0.15) is 11.5 Å². The Hall–Kier alpha value is -2.31. The highest BCUT2D eigenvalue weighted by Crippen LogP contribution is 2.21. The fourth-order valence-electron chi connectivity index (χ4n) is 3.15. The maximum atomic E-state index is 5.83. The van der Waals surface area contributed by atoms with Crippen molar-refractivity contribution in [2.45, 2.75) is 25.5 Å². The molecule has 0 aliphatic carbocycles. The summed E-state index contributed by atoms with van der Waals surface area (Å²) in [7, 11) is 3.34. The molecule has 0 amide bonds. The van der Waals surface area contributed by atoms with E-state index in [2.05, 4.69) is 16.3 Å². The molecule has 144 valence electrons. The molecule has 1 fully saturated rings. The van der Waals surface area contributed by atoms with Crippen LogP contribution in [0, 0.1) is 0 Å². The number of nitrogens with one attached hydrogen (secondary N) is 1. The lowest BCUT2D eigenvalue weighted by atomic mass is 10.2. The van der Waals surface area contributed by atoms with E-state index in [0.717, 1.165) is 48.7 Å². The number of ether oxygens (including phenoxy) is 3. The van der Waals surface area contributed by atoms with Crippen LogP contribution in [0.25, 0.3) is 0 Å². The van der Waals surface area contributed by atoms with Crippen LogP contribution >= 0.6 is 12.2 Å². The van der Waals surface area contributed by atoms with Crippen LogP contribution in [0.2, 0.25) is 0 Å². The van der Waals surface area contributed by atoms with Crippen LogP contribution < -0.4 is 14.8 Å². The van der Waals surface area contributed by atoms with Crippen LogP contribution in [0.5, 0.6) is 11.5 Å². The first kappa shape index (κ1) is 19.5. The number of methoxy groups -OCH3 is 2. The summed E-state index contributed by atoms with van der Waals surface area (Å²) in [5.41, 5.74) is 2.05. The molecular weight excluding hydrogens is 360 g/mol. The lowest BCUT2D eigenvalue weighted by Crippen LogP contribution is -2.39. The Bertz CT molecular complexity index is 763. The molecular formula is C21H26N2O3S. The number of hydrogen-bond acceptors (Lipinski definition) is 4. The molecule has 3 rings (SSSR count). The topological polar surface area (TPSA) is 43.0 Å². The lowest BCUT2D eigenvalue weighted by Gasteiger charge is -2.28. The summed E-state index contributed by atoms with van der Waals surface area (Å²) in [4.78, 5) is 2.15. The molecule has 0 aromatic heterocycles. The predicted octanol–water partition coefficient (Wildman–Crippen LogP) is 4.08. The van der Waals surface area contributed by atoms with E-state index in [4.69, 9.17) is 26.4 Å². The number of anilines is 1. The Morgan fingerprint density at radius 3 is 2.59 bits per heavy atom. The van der Waals surface area contributed by atoms with E-state index < -0.39 is 0 Å². The van der Waals surface area contributed by atoms with Gasteiger partial charge in [-0.1, -0.05) is 18.2 Å². The summed E-state index contributed by atoms with van der Waals surface area (Å²) in [5, 5.41) is 4.00. The molecule has 5 nitrogen and oxygen atoms in total. The molecule has 1 aliphatic rings. The standard InChI is InChI=1S/C21H26N2O3S/c1-24-18-8-3-6-16(12-18)14-23(15-20-10-5-11-26-20)21(27)22-17-7-4-9-19(13-17)25-2/h3-4,6-9,12-13,20H,5,10-11,14-15H2,1-2H3,(H,22,27). The molecule has 0 radical (unpaired) electrons. The van der Waals surface area contributed by atoms with Crippen molar-refractivity contribution in [1.29, 1.82) is 0 Å². The van der Waals surface area contributed by atoms with Crippen LogP contribution in [-0.2, 0) is 11.3 Å². The average Bonchev–Trinajstić information content (AvgIpc) is 3.21. The first-order valence-corrected chi connectivity index (χ1v) is 9.53. The van der Waals surface area contributed by atoms with Crippen molar-refractivity contribution in [2.75, 3.05) is 32.7 Å². The van der Waals surface area contributed by atoms with E-state index in [1.54, 1.807) is 14.2 Å². The van der Waals surface area contributed by atoms with Gasteiger partial charge in [-0.2, -0.15) is 0 Å². The van der Waals surface area contributed by atoms with Gasteiger partial charge in [-0.25, -0.2) is 0 Å². The second kappa shape index (κ2) is 9.58. The molecule has 2 aromatic carbocycles. The molecule has 1 N–H and O–H groups in total. The minimum absolute atomic E-state index is 0.209. The summed E-state index contributed by atoms with van der Waals surface area (Å²) in [6.07, 6.45) is 2.38. The van der Waals surface area contributed by atoms with E-state index in [-0.39, 0.29) is 6.10 Å². The van der Waals surface area contributed by atoms with Gasteiger partial charge in [-0.15, -0.1) is 0 Å². The second-order valence-electron chi connectivity index (χ2n) is 6.53. The highest BCUT2D eigenvalue weighted by Gasteiger charge is 2.21. The minimum Gasteiger partial charge on any atom is -0.497 e. The number of benzene rings is 2. The third-order valence-electron chi connectivity index (χ3n) is 4.56. The molecule has 1 unspecified atom stereocenters. The summed E-state index contributed by atoms with van der Waals surface area (Å²) in [6.45, 7) is 2.27. The van der Waals surface area contributed by atoms with Crippen molar-refractivity contribution < 1.29 is 14.2 Å². The number of nitrogens with zero attached hydrogens (tertiary/aromatic N) is 1. The molecule has 6 heteroatoms. The summed E-state index contributed by atoms with van der Waals surface area (Å²) >= 11 is 5.72. The molecule has 0 saturated carbocycles. The Morgan fingerprint density at radius 2 is 1.89 bits per heavy atom. The summed E-state index contributed by atoms with van der Waals surface area (Å²) < 4.78 is 16.5. The van der Waals surface area contributed by atoms with Gasteiger partial charge < -0.3 is 24.4 Å². The van der Waals surface area contributed by atoms with Crippen molar-refractivity contribution in [3.05, 3.63) is 54.1 Å². The van der Waals surface area contributed by atoms with Gasteiger partial charge in [0.05, 0.1) is 20.3 Å². The van der Waals surface area contributed by atoms with E-state index in [1.165, 1.54) is 0 Å². The van der Waals surface area contributed by atoms with Crippen molar-refractivity contribution >= 4 is 23.0 Å².